The number of rotatable bonds is 4. The van der Waals surface area contributed by atoms with Crippen molar-refractivity contribution >= 4 is 37.1 Å². The van der Waals surface area contributed by atoms with E-state index in [0.29, 0.717) is 33.5 Å². The summed E-state index contributed by atoms with van der Waals surface area (Å²) in [7, 11) is -0.255. The Kier molecular flexibility index (Phi) is 3.48. The van der Waals surface area contributed by atoms with Gasteiger partial charge in [0.15, 0.2) is 17.1 Å². The van der Waals surface area contributed by atoms with Crippen LogP contribution in [0.5, 0.6) is 11.5 Å². The third-order valence-corrected chi connectivity index (χ3v) is 6.21. The van der Waals surface area contributed by atoms with E-state index in [1.165, 1.54) is 4.52 Å². The molecule has 0 N–H and O–H groups in total. The molecule has 10 heteroatoms. The van der Waals surface area contributed by atoms with Crippen molar-refractivity contribution in [2.24, 2.45) is 0 Å². The SMILES string of the molecule is COc1ccc2cc(-c3cn4nc(S(C)(=O)=O)sc4n3)oc2c1OC. The fraction of sp³-hybridized carbons (Fsp3) is 0.200. The van der Waals surface area contributed by atoms with Crippen molar-refractivity contribution in [3.05, 3.63) is 24.4 Å². The van der Waals surface area contributed by atoms with Crippen LogP contribution in [0, 0.1) is 0 Å². The van der Waals surface area contributed by atoms with Crippen LogP contribution in [-0.2, 0) is 9.84 Å². The Balaban J connectivity index is 1.84. The molecule has 25 heavy (non-hydrogen) atoms. The lowest BCUT2D eigenvalue weighted by Gasteiger charge is -2.06. The summed E-state index contributed by atoms with van der Waals surface area (Å²) in [6.07, 6.45) is 2.74. The number of ether oxygens (including phenoxy) is 2. The van der Waals surface area contributed by atoms with Gasteiger partial charge in [-0.3, -0.25) is 0 Å². The molecule has 0 unspecified atom stereocenters. The number of hydrogen-bond acceptors (Lipinski definition) is 8. The van der Waals surface area contributed by atoms with Crippen LogP contribution in [-0.4, -0.2) is 43.5 Å². The summed E-state index contributed by atoms with van der Waals surface area (Å²) >= 11 is 1.01. The highest BCUT2D eigenvalue weighted by atomic mass is 32.2. The average molecular weight is 379 g/mol. The number of aromatic nitrogens is 3. The minimum atomic E-state index is -3.36. The van der Waals surface area contributed by atoms with Crippen molar-refractivity contribution in [2.75, 3.05) is 20.5 Å². The number of fused-ring (bicyclic) bond motifs is 2. The maximum Gasteiger partial charge on any atom is 0.232 e. The largest absolute Gasteiger partial charge is 0.493 e. The van der Waals surface area contributed by atoms with Gasteiger partial charge in [0.1, 0.15) is 5.69 Å². The normalized spacial score (nSPS) is 12.1. The Morgan fingerprint density at radius 3 is 2.68 bits per heavy atom. The van der Waals surface area contributed by atoms with Gasteiger partial charge in [0.05, 0.1) is 20.4 Å². The average Bonchev–Trinajstić information content (AvgIpc) is 3.24. The molecule has 0 amide bonds. The van der Waals surface area contributed by atoms with Crippen LogP contribution in [0.1, 0.15) is 0 Å². The molecule has 3 heterocycles. The number of imidazole rings is 1. The highest BCUT2D eigenvalue weighted by Crippen LogP contribution is 2.39. The van der Waals surface area contributed by atoms with Crippen molar-refractivity contribution in [3.8, 4) is 23.0 Å². The topological polar surface area (TPSA) is 95.9 Å². The first-order valence-electron chi connectivity index (χ1n) is 7.12. The summed E-state index contributed by atoms with van der Waals surface area (Å²) in [5, 5.41) is 4.89. The fourth-order valence-corrected chi connectivity index (χ4v) is 4.17. The molecule has 0 atom stereocenters. The molecule has 130 valence electrons. The van der Waals surface area contributed by atoms with Gasteiger partial charge < -0.3 is 13.9 Å². The summed E-state index contributed by atoms with van der Waals surface area (Å²) in [5.41, 5.74) is 1.11. The zero-order chi connectivity index (χ0) is 17.8. The van der Waals surface area contributed by atoms with E-state index < -0.39 is 9.84 Å². The minimum absolute atomic E-state index is 0.0255. The first-order valence-corrected chi connectivity index (χ1v) is 9.82. The minimum Gasteiger partial charge on any atom is -0.493 e. The van der Waals surface area contributed by atoms with Crippen molar-refractivity contribution < 1.29 is 22.3 Å². The molecule has 3 aromatic heterocycles. The summed E-state index contributed by atoms with van der Waals surface area (Å²) < 4.78 is 41.1. The molecule has 0 aliphatic rings. The molecule has 0 saturated heterocycles. The lowest BCUT2D eigenvalue weighted by atomic mass is 10.2. The van der Waals surface area contributed by atoms with Crippen molar-refractivity contribution in [3.63, 3.8) is 0 Å². The van der Waals surface area contributed by atoms with Crippen LogP contribution in [0.25, 0.3) is 27.4 Å². The molecule has 0 saturated carbocycles. The van der Waals surface area contributed by atoms with E-state index in [-0.39, 0.29) is 4.34 Å². The number of benzene rings is 1. The summed E-state index contributed by atoms with van der Waals surface area (Å²) in [6.45, 7) is 0. The monoisotopic (exact) mass is 379 g/mol. The first-order chi connectivity index (χ1) is 11.9. The zero-order valence-corrected chi connectivity index (χ0v) is 15.1. The molecule has 0 fully saturated rings. The van der Waals surface area contributed by atoms with Gasteiger partial charge >= 0.3 is 0 Å². The number of hydrogen-bond donors (Lipinski definition) is 0. The van der Waals surface area contributed by atoms with Crippen molar-refractivity contribution in [2.45, 2.75) is 4.34 Å². The third-order valence-electron chi connectivity index (χ3n) is 3.62. The van der Waals surface area contributed by atoms with Crippen molar-refractivity contribution in [1.29, 1.82) is 0 Å². The van der Waals surface area contributed by atoms with E-state index >= 15 is 0 Å². The number of furan rings is 1. The van der Waals surface area contributed by atoms with E-state index in [1.807, 2.05) is 12.1 Å². The summed E-state index contributed by atoms with van der Waals surface area (Å²) in [5.74, 6) is 1.60. The molecule has 0 radical (unpaired) electrons. The number of methoxy groups -OCH3 is 2. The molecule has 4 rings (SSSR count). The Bertz CT molecular complexity index is 1170. The maximum atomic E-state index is 11.6. The van der Waals surface area contributed by atoms with Gasteiger partial charge in [-0.25, -0.2) is 17.9 Å². The third kappa shape index (κ3) is 2.53. The molecule has 1 aromatic carbocycles. The predicted molar refractivity (Wildman–Crippen MR) is 92.3 cm³/mol. The maximum absolute atomic E-state index is 11.6. The Morgan fingerprint density at radius 1 is 1.24 bits per heavy atom. The van der Waals surface area contributed by atoms with Crippen LogP contribution in [0.15, 0.2) is 33.2 Å². The second-order valence-electron chi connectivity index (χ2n) is 5.32. The van der Waals surface area contributed by atoms with E-state index in [2.05, 4.69) is 10.1 Å². The lowest BCUT2D eigenvalue weighted by Crippen LogP contribution is -1.96. The molecule has 0 aliphatic carbocycles. The highest BCUT2D eigenvalue weighted by Gasteiger charge is 2.19. The smallest absolute Gasteiger partial charge is 0.232 e. The zero-order valence-electron chi connectivity index (χ0n) is 13.5. The van der Waals surface area contributed by atoms with Gasteiger partial charge in [-0.15, -0.1) is 5.10 Å². The van der Waals surface area contributed by atoms with Gasteiger partial charge in [0, 0.05) is 11.6 Å². The van der Waals surface area contributed by atoms with Crippen LogP contribution >= 0.6 is 11.3 Å². The molecular formula is C15H13N3O5S2. The van der Waals surface area contributed by atoms with Gasteiger partial charge in [0.2, 0.25) is 24.9 Å². The Morgan fingerprint density at radius 2 is 2.04 bits per heavy atom. The van der Waals surface area contributed by atoms with Crippen LogP contribution in [0.2, 0.25) is 0 Å². The number of sulfone groups is 1. The molecule has 0 bridgehead atoms. The lowest BCUT2D eigenvalue weighted by molar-refractivity contribution is 0.354. The Labute approximate surface area is 146 Å². The summed E-state index contributed by atoms with van der Waals surface area (Å²) in [6, 6.07) is 5.50. The molecule has 8 nitrogen and oxygen atoms in total. The highest BCUT2D eigenvalue weighted by molar-refractivity contribution is 7.92. The fourth-order valence-electron chi connectivity index (χ4n) is 2.49. The molecule has 0 spiro atoms. The van der Waals surface area contributed by atoms with Crippen LogP contribution < -0.4 is 9.47 Å². The van der Waals surface area contributed by atoms with Gasteiger partial charge in [0.25, 0.3) is 0 Å². The van der Waals surface area contributed by atoms with E-state index in [4.69, 9.17) is 13.9 Å². The molecule has 0 aliphatic heterocycles. The second kappa shape index (κ2) is 5.46. The Hall–Kier alpha value is -2.59. The van der Waals surface area contributed by atoms with Crippen molar-refractivity contribution in [1.82, 2.24) is 14.6 Å². The van der Waals surface area contributed by atoms with E-state index in [0.717, 1.165) is 23.0 Å². The van der Waals surface area contributed by atoms with Crippen LogP contribution in [0.3, 0.4) is 0 Å². The van der Waals surface area contributed by atoms with Gasteiger partial charge in [-0.1, -0.05) is 11.3 Å². The molecule has 4 aromatic rings. The second-order valence-corrected chi connectivity index (χ2v) is 8.47. The predicted octanol–water partition coefficient (Wildman–Crippen LogP) is 2.62. The van der Waals surface area contributed by atoms with Gasteiger partial charge in [-0.2, -0.15) is 0 Å². The van der Waals surface area contributed by atoms with Gasteiger partial charge in [-0.05, 0) is 18.2 Å². The number of nitrogens with zero attached hydrogens (tertiary/aromatic N) is 3. The molecular weight excluding hydrogens is 366 g/mol. The summed E-state index contributed by atoms with van der Waals surface area (Å²) in [4.78, 5) is 4.87. The van der Waals surface area contributed by atoms with Crippen LogP contribution in [0.4, 0.5) is 0 Å². The quantitative estimate of drug-likeness (QED) is 0.538. The first kappa shape index (κ1) is 15.9. The van der Waals surface area contributed by atoms with E-state index in [9.17, 15) is 8.42 Å². The van der Waals surface area contributed by atoms with E-state index in [1.54, 1.807) is 26.5 Å². The standard InChI is InChI=1S/C15H13N3O5S2/c1-21-10-5-4-8-6-11(23-12(8)13(10)22-2)9-7-18-14(16-9)24-15(17-18)25(3,19)20/h4-7H,1-3H3.